The summed E-state index contributed by atoms with van der Waals surface area (Å²) in [6, 6.07) is 8.90. The maximum absolute atomic E-state index is 11.6. The average Bonchev–Trinajstić information content (AvgIpc) is 2.65. The van der Waals surface area contributed by atoms with Crippen LogP contribution in [0.5, 0.6) is 5.75 Å². The molecule has 0 bridgehead atoms. The number of benzene rings is 3. The van der Waals surface area contributed by atoms with E-state index >= 15 is 0 Å². The van der Waals surface area contributed by atoms with Crippen molar-refractivity contribution < 1.29 is 30.7 Å². The molecule has 0 unspecified atom stereocenters. The summed E-state index contributed by atoms with van der Waals surface area (Å²) in [5, 5.41) is 8.65. The fourth-order valence-electron chi connectivity index (χ4n) is 2.78. The third-order valence-electron chi connectivity index (χ3n) is 4.29. The first-order valence-electron chi connectivity index (χ1n) is 8.29. The predicted molar refractivity (Wildman–Crippen MR) is 110 cm³/mol. The standard InChI is InChI=1S/C18H17N3O7S2/c1-10-5-15(19)18(28-2)9-16(10)20-21-17-8-13(30(25,26)27)7-11-6-12(29(22,23)24)3-4-14(11)17/h3-9H,19H2,1-2H3,(H,22,23,24)(H,25,26,27). The first-order chi connectivity index (χ1) is 13.9. The van der Waals surface area contributed by atoms with Gasteiger partial charge in [-0.05, 0) is 48.2 Å². The molecule has 0 spiro atoms. The molecular weight excluding hydrogens is 434 g/mol. The number of fused-ring (bicyclic) bond motifs is 1. The van der Waals surface area contributed by atoms with Crippen LogP contribution in [-0.2, 0) is 20.2 Å². The van der Waals surface area contributed by atoms with E-state index in [1.165, 1.54) is 13.2 Å². The monoisotopic (exact) mass is 451 g/mol. The van der Waals surface area contributed by atoms with Crippen molar-refractivity contribution >= 4 is 48.1 Å². The largest absolute Gasteiger partial charge is 0.495 e. The number of hydrogen-bond donors (Lipinski definition) is 3. The van der Waals surface area contributed by atoms with Gasteiger partial charge in [-0.2, -0.15) is 21.9 Å². The molecule has 0 fully saturated rings. The van der Waals surface area contributed by atoms with E-state index in [1.54, 1.807) is 19.1 Å². The van der Waals surface area contributed by atoms with Crippen molar-refractivity contribution in [3.05, 3.63) is 48.0 Å². The normalized spacial score (nSPS) is 12.5. The van der Waals surface area contributed by atoms with E-state index in [0.29, 0.717) is 28.1 Å². The summed E-state index contributed by atoms with van der Waals surface area (Å²) in [5.74, 6) is 0.379. The van der Waals surface area contributed by atoms with E-state index in [4.69, 9.17) is 10.5 Å². The number of nitrogen functional groups attached to an aromatic ring is 1. The van der Waals surface area contributed by atoms with E-state index in [9.17, 15) is 25.9 Å². The average molecular weight is 451 g/mol. The number of aryl methyl sites for hydroxylation is 1. The van der Waals surface area contributed by atoms with Crippen LogP contribution in [0, 0.1) is 6.92 Å². The van der Waals surface area contributed by atoms with Crippen molar-refractivity contribution in [3.8, 4) is 5.75 Å². The van der Waals surface area contributed by atoms with Crippen LogP contribution in [0.2, 0.25) is 0 Å². The highest BCUT2D eigenvalue weighted by molar-refractivity contribution is 7.86. The summed E-state index contributed by atoms with van der Waals surface area (Å²) in [5.41, 5.74) is 7.38. The summed E-state index contributed by atoms with van der Waals surface area (Å²) >= 11 is 0. The van der Waals surface area contributed by atoms with Crippen LogP contribution in [0.1, 0.15) is 5.56 Å². The van der Waals surface area contributed by atoms with Crippen LogP contribution in [-0.4, -0.2) is 33.1 Å². The lowest BCUT2D eigenvalue weighted by Gasteiger charge is -2.08. The van der Waals surface area contributed by atoms with Gasteiger partial charge in [0.05, 0.1) is 34.0 Å². The highest BCUT2D eigenvalue weighted by Crippen LogP contribution is 2.35. The fraction of sp³-hybridized carbons (Fsp3) is 0.111. The van der Waals surface area contributed by atoms with Crippen LogP contribution in [0.3, 0.4) is 0 Å². The Morgan fingerprint density at radius 1 is 0.867 bits per heavy atom. The summed E-state index contributed by atoms with van der Waals surface area (Å²) < 4.78 is 69.9. The molecule has 0 saturated heterocycles. The number of methoxy groups -OCH3 is 1. The van der Waals surface area contributed by atoms with Crippen molar-refractivity contribution in [2.45, 2.75) is 16.7 Å². The van der Waals surface area contributed by atoms with Crippen LogP contribution in [0.15, 0.2) is 62.5 Å². The van der Waals surface area contributed by atoms with Crippen LogP contribution >= 0.6 is 0 Å². The van der Waals surface area contributed by atoms with Crippen LogP contribution in [0.25, 0.3) is 10.8 Å². The number of nitrogens with zero attached hydrogens (tertiary/aromatic N) is 2. The predicted octanol–water partition coefficient (Wildman–Crippen LogP) is 3.65. The molecule has 4 N–H and O–H groups in total. The number of rotatable bonds is 5. The van der Waals surface area contributed by atoms with Gasteiger partial charge >= 0.3 is 0 Å². The summed E-state index contributed by atoms with van der Waals surface area (Å²) in [6.07, 6.45) is 0. The molecule has 12 heteroatoms. The minimum atomic E-state index is -4.62. The lowest BCUT2D eigenvalue weighted by Crippen LogP contribution is -2.00. The Labute approximate surface area is 172 Å². The zero-order chi connectivity index (χ0) is 22.3. The molecule has 0 saturated carbocycles. The molecule has 10 nitrogen and oxygen atoms in total. The van der Waals surface area contributed by atoms with Gasteiger partial charge in [0.15, 0.2) is 0 Å². The number of nitrogens with two attached hydrogens (primary N) is 1. The Morgan fingerprint density at radius 2 is 1.47 bits per heavy atom. The van der Waals surface area contributed by atoms with Crippen LogP contribution in [0.4, 0.5) is 17.1 Å². The van der Waals surface area contributed by atoms with E-state index in [-0.39, 0.29) is 11.1 Å². The first-order valence-corrected chi connectivity index (χ1v) is 11.2. The second-order valence-corrected chi connectivity index (χ2v) is 9.20. The van der Waals surface area contributed by atoms with Gasteiger partial charge in [-0.25, -0.2) is 0 Å². The van der Waals surface area contributed by atoms with Gasteiger partial charge in [0.25, 0.3) is 20.2 Å². The molecule has 0 aliphatic carbocycles. The Hall–Kier alpha value is -3.06. The van der Waals surface area contributed by atoms with Crippen LogP contribution < -0.4 is 10.5 Å². The van der Waals surface area contributed by atoms with E-state index < -0.39 is 30.0 Å². The molecule has 3 rings (SSSR count). The molecule has 0 amide bonds. The number of azo groups is 1. The Bertz CT molecular complexity index is 1390. The smallest absolute Gasteiger partial charge is 0.294 e. The minimum Gasteiger partial charge on any atom is -0.495 e. The quantitative estimate of drug-likeness (QED) is 0.300. The van der Waals surface area contributed by atoms with Crippen molar-refractivity contribution in [2.75, 3.05) is 12.8 Å². The Balaban J connectivity index is 2.23. The highest BCUT2D eigenvalue weighted by atomic mass is 32.2. The van der Waals surface area contributed by atoms with Gasteiger partial charge in [0.1, 0.15) is 5.75 Å². The number of anilines is 1. The molecule has 0 aromatic heterocycles. The fourth-order valence-corrected chi connectivity index (χ4v) is 3.84. The van der Waals surface area contributed by atoms with Crippen molar-refractivity contribution in [3.63, 3.8) is 0 Å². The van der Waals surface area contributed by atoms with E-state index in [2.05, 4.69) is 10.2 Å². The third kappa shape index (κ3) is 4.41. The summed E-state index contributed by atoms with van der Waals surface area (Å²) in [4.78, 5) is -0.951. The van der Waals surface area contributed by atoms with Gasteiger partial charge in [-0.3, -0.25) is 9.11 Å². The topological polar surface area (TPSA) is 169 Å². The lowest BCUT2D eigenvalue weighted by molar-refractivity contribution is 0.417. The number of hydrogen-bond acceptors (Lipinski definition) is 8. The zero-order valence-electron chi connectivity index (χ0n) is 15.8. The highest BCUT2D eigenvalue weighted by Gasteiger charge is 2.17. The van der Waals surface area contributed by atoms with E-state index in [1.807, 2.05) is 0 Å². The van der Waals surface area contributed by atoms with E-state index in [0.717, 1.165) is 24.3 Å². The van der Waals surface area contributed by atoms with Crippen molar-refractivity contribution in [2.24, 2.45) is 10.2 Å². The molecule has 0 aliphatic heterocycles. The minimum absolute atomic E-state index is 0.0530. The lowest BCUT2D eigenvalue weighted by atomic mass is 10.1. The second kappa shape index (κ2) is 7.65. The number of ether oxygens (including phenoxy) is 1. The summed E-state index contributed by atoms with van der Waals surface area (Å²) in [6.45, 7) is 1.75. The van der Waals surface area contributed by atoms with Gasteiger partial charge in [0.2, 0.25) is 0 Å². The molecule has 0 radical (unpaired) electrons. The molecule has 3 aromatic rings. The maximum Gasteiger partial charge on any atom is 0.294 e. The van der Waals surface area contributed by atoms with Gasteiger partial charge < -0.3 is 10.5 Å². The SMILES string of the molecule is COc1cc(N=Nc2cc(S(=O)(=O)O)cc3cc(S(=O)(=O)O)ccc23)c(C)cc1N. The van der Waals surface area contributed by atoms with Crippen molar-refractivity contribution in [1.29, 1.82) is 0 Å². The molecule has 3 aromatic carbocycles. The maximum atomic E-state index is 11.6. The third-order valence-corrected chi connectivity index (χ3v) is 5.97. The molecule has 0 atom stereocenters. The molecule has 0 aliphatic rings. The zero-order valence-corrected chi connectivity index (χ0v) is 17.4. The summed E-state index contributed by atoms with van der Waals surface area (Å²) in [7, 11) is -7.70. The molecular formula is C18H17N3O7S2. The first kappa shape index (κ1) is 21.6. The Kier molecular flexibility index (Phi) is 5.52. The van der Waals surface area contributed by atoms with Crippen molar-refractivity contribution in [1.82, 2.24) is 0 Å². The molecule has 30 heavy (non-hydrogen) atoms. The second-order valence-electron chi connectivity index (χ2n) is 6.36. The molecule has 158 valence electrons. The van der Waals surface area contributed by atoms with Gasteiger partial charge in [0, 0.05) is 11.5 Å². The van der Waals surface area contributed by atoms with Gasteiger partial charge in [-0.15, -0.1) is 5.11 Å². The van der Waals surface area contributed by atoms with Gasteiger partial charge in [-0.1, -0.05) is 6.07 Å². The molecule has 0 heterocycles. The Morgan fingerprint density at radius 3 is 2.07 bits per heavy atom.